The quantitative estimate of drug-likeness (QED) is 0.301. The maximum absolute atomic E-state index is 12.3. The molecule has 30 heavy (non-hydrogen) atoms. The summed E-state index contributed by atoms with van der Waals surface area (Å²) in [5.74, 6) is -0.559. The van der Waals surface area contributed by atoms with Crippen molar-refractivity contribution in [3.63, 3.8) is 0 Å². The number of nitrogens with zero attached hydrogens (tertiary/aromatic N) is 2. The first kappa shape index (κ1) is 19.4. The van der Waals surface area contributed by atoms with E-state index in [-0.39, 0.29) is 5.91 Å². The highest BCUT2D eigenvalue weighted by atomic mass is 16.5. The molecule has 1 amide bonds. The van der Waals surface area contributed by atoms with E-state index in [1.165, 1.54) is 17.9 Å². The Morgan fingerprint density at radius 2 is 1.53 bits per heavy atom. The minimum Gasteiger partial charge on any atom is -0.465 e. The Morgan fingerprint density at radius 3 is 2.13 bits per heavy atom. The number of carbonyl (C=O) groups is 2. The van der Waals surface area contributed by atoms with Gasteiger partial charge in [-0.05, 0) is 29.8 Å². The Kier molecular flexibility index (Phi) is 5.57. The number of carbonyl (C=O) groups excluding carboxylic acids is 2. The van der Waals surface area contributed by atoms with Crippen LogP contribution in [0.4, 0.5) is 0 Å². The monoisotopic (exact) mass is 399 g/mol. The van der Waals surface area contributed by atoms with Crippen molar-refractivity contribution in [2.75, 3.05) is 7.11 Å². The lowest BCUT2D eigenvalue weighted by atomic mass is 10.1. The summed E-state index contributed by atoms with van der Waals surface area (Å²) in [5, 5.41) is 6.38. The minimum absolute atomic E-state index is 0.167. The van der Waals surface area contributed by atoms with Gasteiger partial charge in [-0.2, -0.15) is 5.10 Å². The molecule has 0 atom stereocenters. The van der Waals surface area contributed by atoms with E-state index in [2.05, 4.69) is 44.1 Å². The Hall–Kier alpha value is -3.93. The van der Waals surface area contributed by atoms with E-state index in [1.54, 1.807) is 30.5 Å². The number of methoxy groups -OCH3 is 1. The average Bonchev–Trinajstić information content (AvgIpc) is 3.11. The largest absolute Gasteiger partial charge is 0.465 e. The fourth-order valence-corrected chi connectivity index (χ4v) is 3.52. The summed E-state index contributed by atoms with van der Waals surface area (Å²) in [6, 6.07) is 23.2. The standard InChI is InChI=1S/C24H21N3O3/c1-30-24(29)18-12-10-17(11-13-18)16-25-26-23(28)14-15-27-21-8-4-2-6-19(21)20-7-3-5-9-22(20)27/h2-13,16H,14-15H2,1H3,(H,26,28)/b25-16+. The third-order valence-electron chi connectivity index (χ3n) is 4.98. The highest BCUT2D eigenvalue weighted by Crippen LogP contribution is 2.28. The van der Waals surface area contributed by atoms with Crippen molar-refractivity contribution >= 4 is 39.9 Å². The molecule has 3 aromatic carbocycles. The van der Waals surface area contributed by atoms with Crippen LogP contribution in [0.25, 0.3) is 21.8 Å². The summed E-state index contributed by atoms with van der Waals surface area (Å²) in [6.07, 6.45) is 1.85. The normalized spacial score (nSPS) is 11.2. The molecule has 0 unspecified atom stereocenters. The molecule has 4 rings (SSSR count). The third-order valence-corrected chi connectivity index (χ3v) is 4.98. The fraction of sp³-hybridized carbons (Fsp3) is 0.125. The van der Waals surface area contributed by atoms with Crippen LogP contribution in [-0.2, 0) is 16.1 Å². The van der Waals surface area contributed by atoms with E-state index < -0.39 is 5.97 Å². The number of para-hydroxylation sites is 2. The van der Waals surface area contributed by atoms with Gasteiger partial charge in [0, 0.05) is 34.8 Å². The molecule has 1 aromatic heterocycles. The second-order valence-electron chi connectivity index (χ2n) is 6.84. The Morgan fingerprint density at radius 1 is 0.933 bits per heavy atom. The zero-order valence-corrected chi connectivity index (χ0v) is 16.5. The topological polar surface area (TPSA) is 72.7 Å². The van der Waals surface area contributed by atoms with Crippen LogP contribution in [0.2, 0.25) is 0 Å². The third kappa shape index (κ3) is 3.93. The summed E-state index contributed by atoms with van der Waals surface area (Å²) in [5.41, 5.74) is 6.02. The SMILES string of the molecule is COC(=O)c1ccc(/C=N/NC(=O)CCn2c3ccccc3c3ccccc32)cc1. The second-order valence-corrected chi connectivity index (χ2v) is 6.84. The second kappa shape index (κ2) is 8.61. The van der Waals surface area contributed by atoms with Crippen molar-refractivity contribution < 1.29 is 14.3 Å². The van der Waals surface area contributed by atoms with Crippen LogP contribution in [0.3, 0.4) is 0 Å². The zero-order chi connectivity index (χ0) is 20.9. The first-order valence-corrected chi connectivity index (χ1v) is 9.63. The van der Waals surface area contributed by atoms with E-state index in [0.29, 0.717) is 18.5 Å². The number of amides is 1. The number of hydrazone groups is 1. The van der Waals surface area contributed by atoms with Gasteiger partial charge in [-0.3, -0.25) is 4.79 Å². The Bertz CT molecular complexity index is 1190. The molecule has 0 aliphatic heterocycles. The van der Waals surface area contributed by atoms with Gasteiger partial charge in [-0.15, -0.1) is 0 Å². The van der Waals surface area contributed by atoms with Gasteiger partial charge < -0.3 is 9.30 Å². The van der Waals surface area contributed by atoms with Gasteiger partial charge >= 0.3 is 5.97 Å². The number of ether oxygens (including phenoxy) is 1. The van der Waals surface area contributed by atoms with E-state index in [4.69, 9.17) is 0 Å². The van der Waals surface area contributed by atoms with Gasteiger partial charge in [0.1, 0.15) is 0 Å². The van der Waals surface area contributed by atoms with Gasteiger partial charge in [0.25, 0.3) is 0 Å². The molecule has 0 radical (unpaired) electrons. The number of rotatable bonds is 6. The number of benzene rings is 3. The first-order chi connectivity index (χ1) is 14.7. The summed E-state index contributed by atoms with van der Waals surface area (Å²) < 4.78 is 6.83. The molecule has 0 fully saturated rings. The number of hydrogen-bond donors (Lipinski definition) is 1. The first-order valence-electron chi connectivity index (χ1n) is 9.63. The summed E-state index contributed by atoms with van der Waals surface area (Å²) in [7, 11) is 1.34. The molecule has 1 N–H and O–H groups in total. The zero-order valence-electron chi connectivity index (χ0n) is 16.5. The van der Waals surface area contributed by atoms with Crippen LogP contribution < -0.4 is 5.43 Å². The molecule has 150 valence electrons. The smallest absolute Gasteiger partial charge is 0.337 e. The lowest BCUT2D eigenvalue weighted by molar-refractivity contribution is -0.121. The minimum atomic E-state index is -0.392. The van der Waals surface area contributed by atoms with E-state index in [9.17, 15) is 9.59 Å². The van der Waals surface area contributed by atoms with Crippen molar-refractivity contribution in [3.05, 3.63) is 83.9 Å². The number of aromatic nitrogens is 1. The van der Waals surface area contributed by atoms with Crippen LogP contribution in [0.1, 0.15) is 22.3 Å². The highest BCUT2D eigenvalue weighted by Gasteiger charge is 2.10. The Balaban J connectivity index is 1.40. The fourth-order valence-electron chi connectivity index (χ4n) is 3.52. The van der Waals surface area contributed by atoms with Crippen LogP contribution in [-0.4, -0.2) is 29.8 Å². The van der Waals surface area contributed by atoms with Crippen molar-refractivity contribution in [2.24, 2.45) is 5.10 Å². The van der Waals surface area contributed by atoms with Crippen LogP contribution in [0, 0.1) is 0 Å². The van der Waals surface area contributed by atoms with Crippen LogP contribution >= 0.6 is 0 Å². The van der Waals surface area contributed by atoms with Gasteiger partial charge in [-0.25, -0.2) is 10.2 Å². The lowest BCUT2D eigenvalue weighted by Crippen LogP contribution is -2.19. The maximum Gasteiger partial charge on any atom is 0.337 e. The molecule has 6 heteroatoms. The van der Waals surface area contributed by atoms with Crippen molar-refractivity contribution in [1.29, 1.82) is 0 Å². The van der Waals surface area contributed by atoms with E-state index >= 15 is 0 Å². The molecule has 6 nitrogen and oxygen atoms in total. The summed E-state index contributed by atoms with van der Waals surface area (Å²) in [6.45, 7) is 0.559. The number of fused-ring (bicyclic) bond motifs is 3. The Labute approximate surface area is 173 Å². The van der Waals surface area contributed by atoms with Gasteiger partial charge in [0.15, 0.2) is 0 Å². The van der Waals surface area contributed by atoms with Crippen molar-refractivity contribution in [1.82, 2.24) is 9.99 Å². The van der Waals surface area contributed by atoms with Gasteiger partial charge in [0.05, 0.1) is 18.9 Å². The molecule has 0 aliphatic carbocycles. The molecule has 0 saturated heterocycles. The highest BCUT2D eigenvalue weighted by molar-refractivity contribution is 6.08. The van der Waals surface area contributed by atoms with E-state index in [0.717, 1.165) is 16.6 Å². The molecule has 0 saturated carbocycles. The molecular weight excluding hydrogens is 378 g/mol. The van der Waals surface area contributed by atoms with Crippen LogP contribution in [0.15, 0.2) is 77.9 Å². The number of aryl methyl sites for hydroxylation is 1. The predicted octanol–water partition coefficient (Wildman–Crippen LogP) is 4.12. The summed E-state index contributed by atoms with van der Waals surface area (Å²) >= 11 is 0. The van der Waals surface area contributed by atoms with Crippen molar-refractivity contribution in [2.45, 2.75) is 13.0 Å². The number of nitrogens with one attached hydrogen (secondary N) is 1. The van der Waals surface area contributed by atoms with Gasteiger partial charge in [0.2, 0.25) is 5.91 Å². The van der Waals surface area contributed by atoms with Crippen LogP contribution in [0.5, 0.6) is 0 Å². The van der Waals surface area contributed by atoms with Crippen molar-refractivity contribution in [3.8, 4) is 0 Å². The number of hydrogen-bond acceptors (Lipinski definition) is 4. The molecular formula is C24H21N3O3. The molecule has 0 spiro atoms. The van der Waals surface area contributed by atoms with Gasteiger partial charge in [-0.1, -0.05) is 48.5 Å². The molecule has 4 aromatic rings. The average molecular weight is 399 g/mol. The maximum atomic E-state index is 12.3. The van der Waals surface area contributed by atoms with E-state index in [1.807, 2.05) is 24.3 Å². The molecule has 1 heterocycles. The lowest BCUT2D eigenvalue weighted by Gasteiger charge is -2.06. The summed E-state index contributed by atoms with van der Waals surface area (Å²) in [4.78, 5) is 23.7. The molecule has 0 aliphatic rings. The molecule has 0 bridgehead atoms. The predicted molar refractivity (Wildman–Crippen MR) is 118 cm³/mol. The number of esters is 1.